The van der Waals surface area contributed by atoms with E-state index in [4.69, 9.17) is 0 Å². The van der Waals surface area contributed by atoms with E-state index in [1.807, 2.05) is 0 Å². The van der Waals surface area contributed by atoms with Crippen molar-refractivity contribution in [3.8, 4) is 0 Å². The lowest BCUT2D eigenvalue weighted by molar-refractivity contribution is -0.140. The third-order valence-corrected chi connectivity index (χ3v) is 2.35. The third kappa shape index (κ3) is 3.08. The zero-order chi connectivity index (χ0) is 14.8. The molecular weight excluding hydrogens is 278 g/mol. The zero-order valence-electron chi connectivity index (χ0n) is 9.78. The van der Waals surface area contributed by atoms with E-state index in [1.54, 1.807) is 0 Å². The molecule has 0 radical (unpaired) electrons. The van der Waals surface area contributed by atoms with Crippen LogP contribution >= 0.6 is 0 Å². The molecule has 0 saturated heterocycles. The van der Waals surface area contributed by atoms with Gasteiger partial charge in [-0.15, -0.1) is 5.10 Å². The summed E-state index contributed by atoms with van der Waals surface area (Å²) in [6.45, 7) is 0. The van der Waals surface area contributed by atoms with Crippen molar-refractivity contribution in [2.75, 3.05) is 5.32 Å². The molecule has 0 aliphatic rings. The minimum atomic E-state index is -4.87. The standard InChI is InChI=1S/C12H7F4N3O/c13-9-4-3-7(6-8(9)12(14,15)16)11(20)18-10-2-1-5-17-19-10/h1-6H,(H,18,19,20). The molecule has 0 spiro atoms. The molecule has 0 aliphatic heterocycles. The Labute approximate surface area is 110 Å². The first kappa shape index (κ1) is 13.9. The number of nitrogens with zero attached hydrogens (tertiary/aromatic N) is 2. The van der Waals surface area contributed by atoms with Gasteiger partial charge in [0.2, 0.25) is 0 Å². The predicted octanol–water partition coefficient (Wildman–Crippen LogP) is 2.89. The van der Waals surface area contributed by atoms with Gasteiger partial charge in [0, 0.05) is 11.8 Å². The van der Waals surface area contributed by atoms with Crippen LogP contribution < -0.4 is 5.32 Å². The highest BCUT2D eigenvalue weighted by molar-refractivity contribution is 6.03. The average molecular weight is 285 g/mol. The summed E-state index contributed by atoms with van der Waals surface area (Å²) < 4.78 is 50.7. The summed E-state index contributed by atoms with van der Waals surface area (Å²) in [7, 11) is 0. The molecule has 0 aliphatic carbocycles. The van der Waals surface area contributed by atoms with Crippen LogP contribution in [0.3, 0.4) is 0 Å². The molecule has 20 heavy (non-hydrogen) atoms. The van der Waals surface area contributed by atoms with Crippen molar-refractivity contribution in [1.82, 2.24) is 10.2 Å². The minimum absolute atomic E-state index is 0.0791. The van der Waals surface area contributed by atoms with Crippen LogP contribution in [0, 0.1) is 5.82 Å². The average Bonchev–Trinajstić information content (AvgIpc) is 2.39. The SMILES string of the molecule is O=C(Nc1cccnn1)c1ccc(F)c(C(F)(F)F)c1. The predicted molar refractivity (Wildman–Crippen MR) is 61.4 cm³/mol. The molecule has 1 aromatic heterocycles. The Morgan fingerprint density at radius 3 is 2.55 bits per heavy atom. The Morgan fingerprint density at radius 2 is 1.95 bits per heavy atom. The summed E-state index contributed by atoms with van der Waals surface area (Å²) in [5.41, 5.74) is -1.83. The van der Waals surface area contributed by atoms with Crippen LogP contribution in [0.15, 0.2) is 36.5 Å². The van der Waals surface area contributed by atoms with Gasteiger partial charge < -0.3 is 5.32 Å². The number of hydrogen-bond donors (Lipinski definition) is 1. The number of alkyl halides is 3. The number of aromatic nitrogens is 2. The molecule has 1 N–H and O–H groups in total. The number of anilines is 1. The summed E-state index contributed by atoms with van der Waals surface area (Å²) in [5.74, 6) is -2.19. The second kappa shape index (κ2) is 5.24. The lowest BCUT2D eigenvalue weighted by Gasteiger charge is -2.10. The first-order valence-electron chi connectivity index (χ1n) is 5.34. The molecule has 8 heteroatoms. The van der Waals surface area contributed by atoms with E-state index in [-0.39, 0.29) is 11.4 Å². The number of carbonyl (C=O) groups excluding carboxylic acids is 1. The van der Waals surface area contributed by atoms with E-state index in [0.29, 0.717) is 12.1 Å². The number of benzene rings is 1. The van der Waals surface area contributed by atoms with E-state index in [9.17, 15) is 22.4 Å². The molecule has 104 valence electrons. The van der Waals surface area contributed by atoms with Gasteiger partial charge in [0.05, 0.1) is 5.56 Å². The maximum atomic E-state index is 13.1. The minimum Gasteiger partial charge on any atom is -0.305 e. The van der Waals surface area contributed by atoms with Crippen LogP contribution in [0.2, 0.25) is 0 Å². The molecule has 1 amide bonds. The Hall–Kier alpha value is -2.51. The van der Waals surface area contributed by atoms with Crippen molar-refractivity contribution >= 4 is 11.7 Å². The first-order chi connectivity index (χ1) is 9.38. The molecule has 1 heterocycles. The fourth-order valence-corrected chi connectivity index (χ4v) is 1.44. The van der Waals surface area contributed by atoms with E-state index in [1.165, 1.54) is 18.3 Å². The van der Waals surface area contributed by atoms with Crippen LogP contribution in [0.1, 0.15) is 15.9 Å². The van der Waals surface area contributed by atoms with Gasteiger partial charge in [-0.25, -0.2) is 4.39 Å². The summed E-state index contributed by atoms with van der Waals surface area (Å²) in [6, 6.07) is 4.90. The maximum Gasteiger partial charge on any atom is 0.419 e. The fourth-order valence-electron chi connectivity index (χ4n) is 1.44. The Bertz CT molecular complexity index is 628. The van der Waals surface area contributed by atoms with E-state index < -0.39 is 23.5 Å². The van der Waals surface area contributed by atoms with Gasteiger partial charge in [-0.05, 0) is 30.3 Å². The van der Waals surface area contributed by atoms with Crippen molar-refractivity contribution in [3.63, 3.8) is 0 Å². The van der Waals surface area contributed by atoms with Gasteiger partial charge in [0.1, 0.15) is 5.82 Å². The normalized spacial score (nSPS) is 11.2. The smallest absolute Gasteiger partial charge is 0.305 e. The van der Waals surface area contributed by atoms with Gasteiger partial charge >= 0.3 is 6.18 Å². The lowest BCUT2D eigenvalue weighted by Crippen LogP contribution is -2.16. The number of halogens is 4. The zero-order valence-corrected chi connectivity index (χ0v) is 9.78. The Morgan fingerprint density at radius 1 is 1.20 bits per heavy atom. The van der Waals surface area contributed by atoms with Gasteiger partial charge in [-0.2, -0.15) is 18.3 Å². The number of hydrogen-bond acceptors (Lipinski definition) is 3. The topological polar surface area (TPSA) is 54.9 Å². The lowest BCUT2D eigenvalue weighted by atomic mass is 10.1. The maximum absolute atomic E-state index is 13.1. The van der Waals surface area contributed by atoms with Gasteiger partial charge in [-0.1, -0.05) is 0 Å². The molecule has 1 aromatic carbocycles. The third-order valence-electron chi connectivity index (χ3n) is 2.35. The summed E-state index contributed by atoms with van der Waals surface area (Å²) >= 11 is 0. The molecule has 4 nitrogen and oxygen atoms in total. The first-order valence-corrected chi connectivity index (χ1v) is 5.34. The van der Waals surface area contributed by atoms with E-state index >= 15 is 0 Å². The molecule has 0 fully saturated rings. The van der Waals surface area contributed by atoms with Crippen LogP contribution in [0.25, 0.3) is 0 Å². The molecule has 0 saturated carbocycles. The number of rotatable bonds is 2. The van der Waals surface area contributed by atoms with Crippen molar-refractivity contribution in [1.29, 1.82) is 0 Å². The highest BCUT2D eigenvalue weighted by atomic mass is 19.4. The Balaban J connectivity index is 2.27. The summed E-state index contributed by atoms with van der Waals surface area (Å²) in [4.78, 5) is 11.7. The quantitative estimate of drug-likeness (QED) is 0.863. The molecule has 0 bridgehead atoms. The fraction of sp³-hybridized carbons (Fsp3) is 0.0833. The van der Waals surface area contributed by atoms with Crippen molar-refractivity contribution < 1.29 is 22.4 Å². The van der Waals surface area contributed by atoms with Crippen molar-refractivity contribution in [2.45, 2.75) is 6.18 Å². The number of nitrogens with one attached hydrogen (secondary N) is 1. The van der Waals surface area contributed by atoms with Crippen LogP contribution in [-0.2, 0) is 6.18 Å². The van der Waals surface area contributed by atoms with Crippen LogP contribution in [-0.4, -0.2) is 16.1 Å². The Kier molecular flexibility index (Phi) is 3.64. The van der Waals surface area contributed by atoms with Crippen molar-refractivity contribution in [2.24, 2.45) is 0 Å². The van der Waals surface area contributed by atoms with Crippen molar-refractivity contribution in [3.05, 3.63) is 53.5 Å². The second-order valence-corrected chi connectivity index (χ2v) is 3.76. The summed E-state index contributed by atoms with van der Waals surface area (Å²) in [5, 5.41) is 9.31. The number of carbonyl (C=O) groups is 1. The molecule has 0 atom stereocenters. The molecular formula is C12H7F4N3O. The highest BCUT2D eigenvalue weighted by Crippen LogP contribution is 2.31. The molecule has 2 rings (SSSR count). The molecule has 0 unspecified atom stereocenters. The van der Waals surface area contributed by atoms with Gasteiger partial charge in [0.15, 0.2) is 5.82 Å². The number of amides is 1. The largest absolute Gasteiger partial charge is 0.419 e. The van der Waals surface area contributed by atoms with Crippen LogP contribution in [0.5, 0.6) is 0 Å². The molecule has 2 aromatic rings. The van der Waals surface area contributed by atoms with Crippen LogP contribution in [0.4, 0.5) is 23.4 Å². The van der Waals surface area contributed by atoms with E-state index in [2.05, 4.69) is 15.5 Å². The second-order valence-electron chi connectivity index (χ2n) is 3.76. The van der Waals surface area contributed by atoms with Gasteiger partial charge in [0.25, 0.3) is 5.91 Å². The summed E-state index contributed by atoms with van der Waals surface area (Å²) in [6.07, 6.45) is -3.50. The van der Waals surface area contributed by atoms with Gasteiger partial charge in [-0.3, -0.25) is 4.79 Å². The monoisotopic (exact) mass is 285 g/mol. The highest BCUT2D eigenvalue weighted by Gasteiger charge is 2.34. The van der Waals surface area contributed by atoms with E-state index in [0.717, 1.165) is 6.07 Å².